The van der Waals surface area contributed by atoms with Gasteiger partial charge in [-0.1, -0.05) is 25.1 Å². The Morgan fingerprint density at radius 1 is 1.44 bits per heavy atom. The number of hydrogen-bond donors (Lipinski definition) is 1. The maximum Gasteiger partial charge on any atom is 0.122 e. The van der Waals surface area contributed by atoms with E-state index in [2.05, 4.69) is 34.8 Å². The van der Waals surface area contributed by atoms with E-state index in [1.165, 1.54) is 31.4 Å². The minimum absolute atomic E-state index is 0.724. The van der Waals surface area contributed by atoms with Crippen molar-refractivity contribution in [1.82, 2.24) is 14.7 Å². The number of nitrogens with zero attached hydrogens (tertiary/aromatic N) is 2. The number of H-pyrrole nitrogens is 1. The summed E-state index contributed by atoms with van der Waals surface area (Å²) < 4.78 is 3.05. The molecule has 4 heteroatoms. The first-order valence-electron chi connectivity index (χ1n) is 6.11. The van der Waals surface area contributed by atoms with Crippen molar-refractivity contribution in [3.63, 3.8) is 0 Å². The number of aromatic amines is 1. The Labute approximate surface area is 102 Å². The molecule has 0 amide bonds. The lowest BCUT2D eigenvalue weighted by molar-refractivity contribution is 0.370. The maximum atomic E-state index is 5.37. The summed E-state index contributed by atoms with van der Waals surface area (Å²) in [6.45, 7) is 1.98. The van der Waals surface area contributed by atoms with Gasteiger partial charge in [-0.05, 0) is 33.0 Å². The minimum Gasteiger partial charge on any atom is -0.308 e. The molecule has 2 rings (SSSR count). The summed E-state index contributed by atoms with van der Waals surface area (Å²) in [5.74, 6) is 0.724. The van der Waals surface area contributed by atoms with E-state index in [4.69, 9.17) is 12.2 Å². The first kappa shape index (κ1) is 11.9. The van der Waals surface area contributed by atoms with Crippen molar-refractivity contribution in [2.45, 2.75) is 38.1 Å². The first-order valence-corrected chi connectivity index (χ1v) is 6.52. The van der Waals surface area contributed by atoms with E-state index in [0.717, 1.165) is 23.6 Å². The fourth-order valence-electron chi connectivity index (χ4n) is 2.37. The van der Waals surface area contributed by atoms with E-state index >= 15 is 0 Å². The van der Waals surface area contributed by atoms with Crippen LogP contribution in [0.2, 0.25) is 0 Å². The Morgan fingerprint density at radius 3 is 2.75 bits per heavy atom. The molecule has 1 aliphatic rings. The maximum absolute atomic E-state index is 5.37. The van der Waals surface area contributed by atoms with Gasteiger partial charge in [-0.15, -0.1) is 0 Å². The standard InChI is InChI=1S/C12H21N3S/c1-14(2)7-8-15-12(16)9-11(13-15)10-5-3-4-6-10/h9-10,13H,3-8H2,1-2H3. The van der Waals surface area contributed by atoms with E-state index in [0.29, 0.717) is 0 Å². The monoisotopic (exact) mass is 239 g/mol. The van der Waals surface area contributed by atoms with Gasteiger partial charge in [0.1, 0.15) is 4.64 Å². The van der Waals surface area contributed by atoms with Crippen molar-refractivity contribution in [2.24, 2.45) is 0 Å². The van der Waals surface area contributed by atoms with Crippen molar-refractivity contribution in [3.8, 4) is 0 Å². The zero-order valence-electron chi connectivity index (χ0n) is 10.2. The Hall–Kier alpha value is -0.610. The normalized spacial score (nSPS) is 17.4. The molecule has 0 spiro atoms. The summed E-state index contributed by atoms with van der Waals surface area (Å²) in [7, 11) is 4.18. The van der Waals surface area contributed by atoms with Crippen LogP contribution >= 0.6 is 12.2 Å². The molecule has 0 radical (unpaired) electrons. The second kappa shape index (κ2) is 5.15. The molecule has 90 valence electrons. The van der Waals surface area contributed by atoms with Gasteiger partial charge < -0.3 is 10.00 Å². The van der Waals surface area contributed by atoms with Gasteiger partial charge in [-0.2, -0.15) is 0 Å². The summed E-state index contributed by atoms with van der Waals surface area (Å²) >= 11 is 5.37. The molecule has 1 aliphatic carbocycles. The quantitative estimate of drug-likeness (QED) is 0.817. The molecule has 1 aromatic heterocycles. The molecule has 0 aliphatic heterocycles. The number of hydrogen-bond acceptors (Lipinski definition) is 2. The van der Waals surface area contributed by atoms with Crippen molar-refractivity contribution in [3.05, 3.63) is 16.4 Å². The Kier molecular flexibility index (Phi) is 3.82. The van der Waals surface area contributed by atoms with Crippen molar-refractivity contribution >= 4 is 12.2 Å². The number of nitrogens with one attached hydrogen (secondary N) is 1. The van der Waals surface area contributed by atoms with Crippen LogP contribution in [0.15, 0.2) is 6.07 Å². The second-order valence-corrected chi connectivity index (χ2v) is 5.40. The summed E-state index contributed by atoms with van der Waals surface area (Å²) in [6, 6.07) is 2.15. The average Bonchev–Trinajstić information content (AvgIpc) is 2.83. The van der Waals surface area contributed by atoms with Gasteiger partial charge in [-0.25, -0.2) is 0 Å². The molecule has 1 aromatic rings. The van der Waals surface area contributed by atoms with E-state index < -0.39 is 0 Å². The lowest BCUT2D eigenvalue weighted by Gasteiger charge is -2.10. The number of likely N-dealkylation sites (N-methyl/N-ethyl adjacent to an activating group) is 1. The molecule has 0 aromatic carbocycles. The SMILES string of the molecule is CN(C)CCn1[nH]c(C2CCCC2)cc1=S. The highest BCUT2D eigenvalue weighted by Crippen LogP contribution is 2.33. The summed E-state index contributed by atoms with van der Waals surface area (Å²) in [6.07, 6.45) is 5.38. The number of aromatic nitrogens is 2. The van der Waals surface area contributed by atoms with E-state index in [1.54, 1.807) is 0 Å². The molecule has 0 unspecified atom stereocenters. The van der Waals surface area contributed by atoms with Crippen LogP contribution in [0.5, 0.6) is 0 Å². The molecular weight excluding hydrogens is 218 g/mol. The summed E-state index contributed by atoms with van der Waals surface area (Å²) in [4.78, 5) is 2.18. The molecule has 1 N–H and O–H groups in total. The Bertz CT molecular complexity index is 385. The van der Waals surface area contributed by atoms with Gasteiger partial charge >= 0.3 is 0 Å². The Morgan fingerprint density at radius 2 is 2.12 bits per heavy atom. The van der Waals surface area contributed by atoms with Gasteiger partial charge in [0.15, 0.2) is 0 Å². The summed E-state index contributed by atoms with van der Waals surface area (Å²) in [5, 5.41) is 3.46. The highest BCUT2D eigenvalue weighted by Gasteiger charge is 2.18. The van der Waals surface area contributed by atoms with Crippen LogP contribution in [0.3, 0.4) is 0 Å². The molecule has 1 saturated carbocycles. The van der Waals surface area contributed by atoms with Crippen molar-refractivity contribution in [2.75, 3.05) is 20.6 Å². The molecule has 0 saturated heterocycles. The van der Waals surface area contributed by atoms with Crippen LogP contribution in [-0.2, 0) is 6.54 Å². The fraction of sp³-hybridized carbons (Fsp3) is 0.750. The Balaban J connectivity index is 2.06. The predicted molar refractivity (Wildman–Crippen MR) is 69.4 cm³/mol. The molecule has 1 heterocycles. The highest BCUT2D eigenvalue weighted by atomic mass is 32.1. The van der Waals surface area contributed by atoms with Gasteiger partial charge in [0, 0.05) is 18.2 Å². The number of rotatable bonds is 4. The largest absolute Gasteiger partial charge is 0.308 e. The van der Waals surface area contributed by atoms with Crippen LogP contribution in [0.4, 0.5) is 0 Å². The van der Waals surface area contributed by atoms with E-state index in [-0.39, 0.29) is 0 Å². The van der Waals surface area contributed by atoms with E-state index in [1.807, 2.05) is 0 Å². The van der Waals surface area contributed by atoms with Crippen LogP contribution in [0, 0.1) is 4.64 Å². The van der Waals surface area contributed by atoms with E-state index in [9.17, 15) is 0 Å². The molecule has 0 bridgehead atoms. The van der Waals surface area contributed by atoms with Gasteiger partial charge in [0.25, 0.3) is 0 Å². The topological polar surface area (TPSA) is 24.0 Å². The van der Waals surface area contributed by atoms with Crippen molar-refractivity contribution < 1.29 is 0 Å². The molecular formula is C12H21N3S. The van der Waals surface area contributed by atoms with Gasteiger partial charge in [0.05, 0.1) is 6.54 Å². The highest BCUT2D eigenvalue weighted by molar-refractivity contribution is 7.71. The third-order valence-electron chi connectivity index (χ3n) is 3.37. The summed E-state index contributed by atoms with van der Waals surface area (Å²) in [5.41, 5.74) is 1.35. The minimum atomic E-state index is 0.724. The second-order valence-electron chi connectivity index (χ2n) is 4.99. The zero-order chi connectivity index (χ0) is 11.5. The molecule has 16 heavy (non-hydrogen) atoms. The first-order chi connectivity index (χ1) is 7.66. The van der Waals surface area contributed by atoms with Crippen LogP contribution < -0.4 is 0 Å². The van der Waals surface area contributed by atoms with Crippen LogP contribution in [0.25, 0.3) is 0 Å². The lowest BCUT2D eigenvalue weighted by atomic mass is 10.1. The van der Waals surface area contributed by atoms with Gasteiger partial charge in [-0.3, -0.25) is 4.68 Å². The predicted octanol–water partition coefficient (Wildman–Crippen LogP) is 2.76. The van der Waals surface area contributed by atoms with Crippen molar-refractivity contribution in [1.29, 1.82) is 0 Å². The average molecular weight is 239 g/mol. The lowest BCUT2D eigenvalue weighted by Crippen LogP contribution is -2.19. The van der Waals surface area contributed by atoms with Crippen LogP contribution in [-0.4, -0.2) is 35.3 Å². The van der Waals surface area contributed by atoms with Gasteiger partial charge in [0.2, 0.25) is 0 Å². The smallest absolute Gasteiger partial charge is 0.122 e. The zero-order valence-corrected chi connectivity index (χ0v) is 11.0. The third-order valence-corrected chi connectivity index (χ3v) is 3.71. The fourth-order valence-corrected chi connectivity index (χ4v) is 2.63. The molecule has 0 atom stereocenters. The third kappa shape index (κ3) is 2.74. The molecule has 1 fully saturated rings. The molecule has 3 nitrogen and oxygen atoms in total. The van der Waals surface area contributed by atoms with Crippen LogP contribution in [0.1, 0.15) is 37.3 Å².